The zero-order valence-corrected chi connectivity index (χ0v) is 10.8. The Morgan fingerprint density at radius 1 is 1.16 bits per heavy atom. The standard InChI is InChI=1S/C14H19N3O2/c15-14(8-4-5-9-14)13(19)16-10-12(18)17-11-6-2-1-3-7-11/h1-3,6-7H,4-5,8-10,15H2,(H,16,19)(H,17,18). The van der Waals surface area contributed by atoms with E-state index in [0.29, 0.717) is 18.5 Å². The number of rotatable bonds is 4. The number of nitrogens with one attached hydrogen (secondary N) is 2. The highest BCUT2D eigenvalue weighted by atomic mass is 16.2. The van der Waals surface area contributed by atoms with Crippen LogP contribution in [0.1, 0.15) is 25.7 Å². The molecule has 0 unspecified atom stereocenters. The van der Waals surface area contributed by atoms with Crippen LogP contribution < -0.4 is 16.4 Å². The molecular formula is C14H19N3O2. The van der Waals surface area contributed by atoms with Crippen LogP contribution in [-0.2, 0) is 9.59 Å². The minimum absolute atomic E-state index is 0.0489. The van der Waals surface area contributed by atoms with Crippen LogP contribution >= 0.6 is 0 Å². The Bertz CT molecular complexity index is 453. The Hall–Kier alpha value is -1.88. The van der Waals surface area contributed by atoms with Crippen molar-refractivity contribution < 1.29 is 9.59 Å². The van der Waals surface area contributed by atoms with Gasteiger partial charge in [0.15, 0.2) is 0 Å². The number of carbonyl (C=O) groups excluding carboxylic acids is 2. The Morgan fingerprint density at radius 2 is 1.79 bits per heavy atom. The second-order valence-electron chi connectivity index (χ2n) is 4.96. The average molecular weight is 261 g/mol. The molecule has 0 aromatic heterocycles. The molecule has 2 amide bonds. The molecule has 5 nitrogen and oxygen atoms in total. The first-order valence-corrected chi connectivity index (χ1v) is 6.52. The van der Waals surface area contributed by atoms with Gasteiger partial charge in [-0.15, -0.1) is 0 Å². The highest BCUT2D eigenvalue weighted by molar-refractivity contribution is 5.96. The fraction of sp³-hybridized carbons (Fsp3) is 0.429. The molecular weight excluding hydrogens is 242 g/mol. The van der Waals surface area contributed by atoms with Crippen LogP contribution in [-0.4, -0.2) is 23.9 Å². The van der Waals surface area contributed by atoms with E-state index < -0.39 is 5.54 Å². The van der Waals surface area contributed by atoms with Gasteiger partial charge in [-0.05, 0) is 25.0 Å². The van der Waals surface area contributed by atoms with Crippen molar-refractivity contribution in [3.8, 4) is 0 Å². The lowest BCUT2D eigenvalue weighted by Gasteiger charge is -2.21. The smallest absolute Gasteiger partial charge is 0.243 e. The summed E-state index contributed by atoms with van der Waals surface area (Å²) in [5, 5.41) is 5.32. The van der Waals surface area contributed by atoms with Crippen molar-refractivity contribution in [2.45, 2.75) is 31.2 Å². The van der Waals surface area contributed by atoms with E-state index >= 15 is 0 Å². The fourth-order valence-corrected chi connectivity index (χ4v) is 2.30. The summed E-state index contributed by atoms with van der Waals surface area (Å²) in [5.41, 5.74) is 5.93. The summed E-state index contributed by atoms with van der Waals surface area (Å²) in [7, 11) is 0. The van der Waals surface area contributed by atoms with Crippen molar-refractivity contribution >= 4 is 17.5 Å². The van der Waals surface area contributed by atoms with Crippen LogP contribution in [0.2, 0.25) is 0 Å². The molecule has 0 spiro atoms. The summed E-state index contributed by atoms with van der Waals surface area (Å²) < 4.78 is 0. The summed E-state index contributed by atoms with van der Waals surface area (Å²) in [6.45, 7) is -0.0489. The molecule has 1 fully saturated rings. The normalized spacial score (nSPS) is 16.9. The van der Waals surface area contributed by atoms with Gasteiger partial charge in [-0.25, -0.2) is 0 Å². The van der Waals surface area contributed by atoms with E-state index in [9.17, 15) is 9.59 Å². The molecule has 2 rings (SSSR count). The van der Waals surface area contributed by atoms with E-state index in [2.05, 4.69) is 10.6 Å². The molecule has 1 aromatic rings. The molecule has 1 aliphatic rings. The molecule has 0 radical (unpaired) electrons. The molecule has 0 aliphatic heterocycles. The topological polar surface area (TPSA) is 84.2 Å². The highest BCUT2D eigenvalue weighted by Crippen LogP contribution is 2.27. The van der Waals surface area contributed by atoms with Gasteiger partial charge in [0.2, 0.25) is 11.8 Å². The molecule has 4 N–H and O–H groups in total. The summed E-state index contributed by atoms with van der Waals surface area (Å²) >= 11 is 0. The highest BCUT2D eigenvalue weighted by Gasteiger charge is 2.36. The third-order valence-corrected chi connectivity index (χ3v) is 3.42. The summed E-state index contributed by atoms with van der Waals surface area (Å²) in [6.07, 6.45) is 3.33. The van der Waals surface area contributed by atoms with Crippen LogP contribution in [0.5, 0.6) is 0 Å². The van der Waals surface area contributed by atoms with Crippen LogP contribution in [0, 0.1) is 0 Å². The van der Waals surface area contributed by atoms with E-state index in [1.807, 2.05) is 18.2 Å². The lowest BCUT2D eigenvalue weighted by molar-refractivity contribution is -0.128. The predicted molar refractivity (Wildman–Crippen MR) is 73.5 cm³/mol. The Labute approximate surface area is 112 Å². The van der Waals surface area contributed by atoms with Gasteiger partial charge < -0.3 is 16.4 Å². The maximum absolute atomic E-state index is 11.9. The van der Waals surface area contributed by atoms with Crippen LogP contribution in [0.15, 0.2) is 30.3 Å². The fourth-order valence-electron chi connectivity index (χ4n) is 2.30. The molecule has 5 heteroatoms. The molecule has 1 aliphatic carbocycles. The van der Waals surface area contributed by atoms with Crippen molar-refractivity contribution in [1.82, 2.24) is 5.32 Å². The van der Waals surface area contributed by atoms with Crippen molar-refractivity contribution in [2.24, 2.45) is 5.73 Å². The second-order valence-corrected chi connectivity index (χ2v) is 4.96. The number of anilines is 1. The third-order valence-electron chi connectivity index (χ3n) is 3.42. The van der Waals surface area contributed by atoms with Crippen LogP contribution in [0.3, 0.4) is 0 Å². The van der Waals surface area contributed by atoms with Gasteiger partial charge in [0.1, 0.15) is 0 Å². The SMILES string of the molecule is NC1(C(=O)NCC(=O)Nc2ccccc2)CCCC1. The monoisotopic (exact) mass is 261 g/mol. The summed E-state index contributed by atoms with van der Waals surface area (Å²) in [5.74, 6) is -0.477. The van der Waals surface area contributed by atoms with E-state index in [4.69, 9.17) is 5.73 Å². The molecule has 19 heavy (non-hydrogen) atoms. The molecule has 0 bridgehead atoms. The number of amides is 2. The van der Waals surface area contributed by atoms with Crippen LogP contribution in [0.4, 0.5) is 5.69 Å². The molecule has 0 heterocycles. The maximum Gasteiger partial charge on any atom is 0.243 e. The summed E-state index contributed by atoms with van der Waals surface area (Å²) in [4.78, 5) is 23.6. The molecule has 0 atom stereocenters. The molecule has 102 valence electrons. The average Bonchev–Trinajstić information content (AvgIpc) is 2.85. The van der Waals surface area contributed by atoms with Gasteiger partial charge in [-0.3, -0.25) is 9.59 Å². The molecule has 0 saturated heterocycles. The Balaban J connectivity index is 1.79. The first-order valence-electron chi connectivity index (χ1n) is 6.52. The van der Waals surface area contributed by atoms with Crippen molar-refractivity contribution in [2.75, 3.05) is 11.9 Å². The number of hydrogen-bond donors (Lipinski definition) is 3. The van der Waals surface area contributed by atoms with Gasteiger partial charge in [0, 0.05) is 5.69 Å². The zero-order chi connectivity index (χ0) is 13.7. The first kappa shape index (κ1) is 13.5. The summed E-state index contributed by atoms with van der Waals surface area (Å²) in [6, 6.07) is 9.13. The third kappa shape index (κ3) is 3.54. The van der Waals surface area contributed by atoms with Crippen molar-refractivity contribution in [3.05, 3.63) is 30.3 Å². The first-order chi connectivity index (χ1) is 9.10. The number of benzene rings is 1. The van der Waals surface area contributed by atoms with Gasteiger partial charge in [0.05, 0.1) is 12.1 Å². The van der Waals surface area contributed by atoms with Gasteiger partial charge >= 0.3 is 0 Å². The van der Waals surface area contributed by atoms with Crippen LogP contribution in [0.25, 0.3) is 0 Å². The number of nitrogens with two attached hydrogens (primary N) is 1. The second kappa shape index (κ2) is 5.84. The lowest BCUT2D eigenvalue weighted by atomic mass is 9.98. The van der Waals surface area contributed by atoms with Crippen molar-refractivity contribution in [3.63, 3.8) is 0 Å². The molecule has 1 aromatic carbocycles. The maximum atomic E-state index is 11.9. The van der Waals surface area contributed by atoms with E-state index in [1.54, 1.807) is 12.1 Å². The minimum Gasteiger partial charge on any atom is -0.345 e. The zero-order valence-electron chi connectivity index (χ0n) is 10.8. The number of hydrogen-bond acceptors (Lipinski definition) is 3. The van der Waals surface area contributed by atoms with Gasteiger partial charge in [-0.1, -0.05) is 31.0 Å². The quantitative estimate of drug-likeness (QED) is 0.756. The molecule has 1 saturated carbocycles. The van der Waals surface area contributed by atoms with Gasteiger partial charge in [0.25, 0.3) is 0 Å². The van der Waals surface area contributed by atoms with E-state index in [-0.39, 0.29) is 18.4 Å². The lowest BCUT2D eigenvalue weighted by Crippen LogP contribution is -2.53. The number of carbonyl (C=O) groups is 2. The van der Waals surface area contributed by atoms with E-state index in [1.165, 1.54) is 0 Å². The number of para-hydroxylation sites is 1. The van der Waals surface area contributed by atoms with E-state index in [0.717, 1.165) is 12.8 Å². The largest absolute Gasteiger partial charge is 0.345 e. The van der Waals surface area contributed by atoms with Gasteiger partial charge in [-0.2, -0.15) is 0 Å². The van der Waals surface area contributed by atoms with Crippen molar-refractivity contribution in [1.29, 1.82) is 0 Å². The Kier molecular flexibility index (Phi) is 4.16. The Morgan fingerprint density at radius 3 is 2.42 bits per heavy atom. The minimum atomic E-state index is -0.785. The predicted octanol–water partition coefficient (Wildman–Crippen LogP) is 1.01.